The summed E-state index contributed by atoms with van der Waals surface area (Å²) in [7, 11) is -3.46. The van der Waals surface area contributed by atoms with Crippen LogP contribution < -0.4 is 0 Å². The number of sulfonamides is 1. The van der Waals surface area contributed by atoms with Crippen LogP contribution in [-0.4, -0.2) is 53.9 Å². The van der Waals surface area contributed by atoms with Crippen LogP contribution in [0, 0.1) is 0 Å². The summed E-state index contributed by atoms with van der Waals surface area (Å²) < 4.78 is 33.0. The van der Waals surface area contributed by atoms with Crippen LogP contribution in [0.3, 0.4) is 0 Å². The van der Waals surface area contributed by atoms with Gasteiger partial charge in [0, 0.05) is 32.1 Å². The zero-order valence-corrected chi connectivity index (χ0v) is 16.1. The van der Waals surface area contributed by atoms with E-state index in [1.54, 1.807) is 12.1 Å². The van der Waals surface area contributed by atoms with Crippen molar-refractivity contribution in [2.75, 3.05) is 26.2 Å². The second kappa shape index (κ2) is 6.62. The Kier molecular flexibility index (Phi) is 4.61. The zero-order valence-electron chi connectivity index (χ0n) is 13.8. The normalized spacial score (nSPS) is 21.5. The lowest BCUT2D eigenvalue weighted by Gasteiger charge is -2.35. The van der Waals surface area contributed by atoms with E-state index in [1.165, 1.54) is 4.31 Å². The molecule has 0 spiro atoms. The van der Waals surface area contributed by atoms with Crippen molar-refractivity contribution < 1.29 is 12.9 Å². The van der Waals surface area contributed by atoms with E-state index < -0.39 is 10.0 Å². The maximum atomic E-state index is 12.7. The van der Waals surface area contributed by atoms with Gasteiger partial charge in [0.05, 0.1) is 10.4 Å². The summed E-state index contributed by atoms with van der Waals surface area (Å²) in [6.45, 7) is 4.15. The van der Waals surface area contributed by atoms with E-state index >= 15 is 0 Å². The predicted octanol–water partition coefficient (Wildman–Crippen LogP) is 2.73. The van der Waals surface area contributed by atoms with Crippen LogP contribution in [0.15, 0.2) is 20.9 Å². The number of hydrogen-bond donors (Lipinski definition) is 0. The molecule has 25 heavy (non-hydrogen) atoms. The van der Waals surface area contributed by atoms with Gasteiger partial charge in [-0.1, -0.05) is 16.8 Å². The minimum Gasteiger partial charge on any atom is -0.338 e. The molecule has 1 aliphatic heterocycles. The SMILES string of the molecule is C[C@H](c1nc(C2CC2)no1)N1CCN(S(=O)(=O)c2ccc(Cl)s2)CC1. The van der Waals surface area contributed by atoms with Gasteiger partial charge >= 0.3 is 0 Å². The lowest BCUT2D eigenvalue weighted by molar-refractivity contribution is 0.124. The van der Waals surface area contributed by atoms with Crippen LogP contribution in [0.5, 0.6) is 0 Å². The minimum absolute atomic E-state index is 0.0129. The molecule has 2 aromatic heterocycles. The standard InChI is InChI=1S/C15H19ClN4O3S2/c1-10(15-17-14(18-23-15)11-2-3-11)19-6-8-20(9-7-19)25(21,22)13-5-4-12(16)24-13/h4-5,10-11H,2-3,6-9H2,1H3/t10-/m1/s1. The molecule has 0 N–H and O–H groups in total. The molecule has 1 saturated carbocycles. The average Bonchev–Trinajstić information content (AvgIpc) is 3.16. The average molecular weight is 403 g/mol. The number of thiophene rings is 1. The summed E-state index contributed by atoms with van der Waals surface area (Å²) in [5, 5.41) is 4.06. The highest BCUT2D eigenvalue weighted by atomic mass is 35.5. The number of rotatable bonds is 5. The smallest absolute Gasteiger partial charge is 0.252 e. The van der Waals surface area contributed by atoms with Crippen molar-refractivity contribution in [2.24, 2.45) is 0 Å². The van der Waals surface area contributed by atoms with Crippen LogP contribution in [0.25, 0.3) is 0 Å². The number of aromatic nitrogens is 2. The van der Waals surface area contributed by atoms with Crippen LogP contribution >= 0.6 is 22.9 Å². The Bertz CT molecular complexity index is 854. The van der Waals surface area contributed by atoms with Gasteiger partial charge in [0.1, 0.15) is 4.21 Å². The van der Waals surface area contributed by atoms with E-state index in [4.69, 9.17) is 16.1 Å². The highest BCUT2D eigenvalue weighted by Gasteiger charge is 2.34. The minimum atomic E-state index is -3.46. The molecule has 2 aromatic rings. The first-order valence-electron chi connectivity index (χ1n) is 8.28. The molecule has 2 fully saturated rings. The summed E-state index contributed by atoms with van der Waals surface area (Å²) in [5.74, 6) is 1.88. The third-order valence-electron chi connectivity index (χ3n) is 4.72. The molecule has 0 aromatic carbocycles. The summed E-state index contributed by atoms with van der Waals surface area (Å²) in [6.07, 6.45) is 2.27. The van der Waals surface area contributed by atoms with Crippen LogP contribution in [0.2, 0.25) is 4.34 Å². The molecule has 0 amide bonds. The molecule has 4 rings (SSSR count). The third kappa shape index (κ3) is 3.48. The Hall–Kier alpha value is -1.000. The fraction of sp³-hybridized carbons (Fsp3) is 0.600. The van der Waals surface area contributed by atoms with Gasteiger partial charge in [-0.2, -0.15) is 9.29 Å². The van der Waals surface area contributed by atoms with Crippen molar-refractivity contribution in [3.63, 3.8) is 0 Å². The van der Waals surface area contributed by atoms with Gasteiger partial charge in [-0.3, -0.25) is 4.90 Å². The quantitative estimate of drug-likeness (QED) is 0.765. The molecule has 10 heteroatoms. The molecular weight excluding hydrogens is 384 g/mol. The largest absolute Gasteiger partial charge is 0.338 e. The number of nitrogens with zero attached hydrogens (tertiary/aromatic N) is 4. The maximum Gasteiger partial charge on any atom is 0.252 e. The molecule has 0 bridgehead atoms. The van der Waals surface area contributed by atoms with Gasteiger partial charge < -0.3 is 4.52 Å². The van der Waals surface area contributed by atoms with E-state index in [0.29, 0.717) is 46.5 Å². The van der Waals surface area contributed by atoms with Gasteiger partial charge in [-0.25, -0.2) is 8.42 Å². The summed E-state index contributed by atoms with van der Waals surface area (Å²) in [4.78, 5) is 6.68. The third-order valence-corrected chi connectivity index (χ3v) is 8.32. The number of halogens is 1. The Morgan fingerprint density at radius 1 is 1.28 bits per heavy atom. The monoisotopic (exact) mass is 402 g/mol. The lowest BCUT2D eigenvalue weighted by atomic mass is 10.2. The Morgan fingerprint density at radius 2 is 2.00 bits per heavy atom. The molecule has 1 atom stereocenters. The second-order valence-corrected chi connectivity index (χ2v) is 10.3. The Balaban J connectivity index is 1.40. The lowest BCUT2D eigenvalue weighted by Crippen LogP contribution is -2.49. The van der Waals surface area contributed by atoms with Gasteiger partial charge in [0.15, 0.2) is 5.82 Å². The molecule has 7 nitrogen and oxygen atoms in total. The maximum absolute atomic E-state index is 12.7. The predicted molar refractivity (Wildman–Crippen MR) is 94.3 cm³/mol. The fourth-order valence-corrected chi connectivity index (χ4v) is 6.03. The highest BCUT2D eigenvalue weighted by molar-refractivity contribution is 7.91. The van der Waals surface area contributed by atoms with Gasteiger partial charge in [0.25, 0.3) is 10.0 Å². The van der Waals surface area contributed by atoms with Crippen molar-refractivity contribution >= 4 is 33.0 Å². The topological polar surface area (TPSA) is 79.5 Å². The Labute approximate surface area is 155 Å². The van der Waals surface area contributed by atoms with Gasteiger partial charge in [-0.15, -0.1) is 11.3 Å². The summed E-state index contributed by atoms with van der Waals surface area (Å²) in [5.41, 5.74) is 0. The van der Waals surface area contributed by atoms with Crippen LogP contribution in [-0.2, 0) is 10.0 Å². The van der Waals surface area contributed by atoms with Crippen molar-refractivity contribution in [3.05, 3.63) is 28.2 Å². The molecule has 1 saturated heterocycles. The molecule has 0 unspecified atom stereocenters. The Morgan fingerprint density at radius 3 is 2.60 bits per heavy atom. The first-order chi connectivity index (χ1) is 11.9. The second-order valence-electron chi connectivity index (χ2n) is 6.44. The van der Waals surface area contributed by atoms with E-state index in [2.05, 4.69) is 15.0 Å². The number of hydrogen-bond acceptors (Lipinski definition) is 7. The van der Waals surface area contributed by atoms with Crippen molar-refractivity contribution in [3.8, 4) is 0 Å². The van der Waals surface area contributed by atoms with Crippen LogP contribution in [0.4, 0.5) is 0 Å². The molecule has 1 aliphatic carbocycles. The van der Waals surface area contributed by atoms with E-state index in [9.17, 15) is 8.42 Å². The first kappa shape index (κ1) is 17.4. The zero-order chi connectivity index (χ0) is 17.6. The summed E-state index contributed by atoms with van der Waals surface area (Å²) >= 11 is 6.96. The van der Waals surface area contributed by atoms with E-state index in [1.807, 2.05) is 6.92 Å². The molecule has 3 heterocycles. The van der Waals surface area contributed by atoms with Crippen molar-refractivity contribution in [2.45, 2.75) is 35.9 Å². The molecular formula is C15H19ClN4O3S2. The van der Waals surface area contributed by atoms with Gasteiger partial charge in [-0.05, 0) is 31.9 Å². The number of piperazine rings is 1. The molecule has 2 aliphatic rings. The first-order valence-corrected chi connectivity index (χ1v) is 10.9. The summed E-state index contributed by atoms with van der Waals surface area (Å²) in [6, 6.07) is 3.17. The van der Waals surface area contributed by atoms with Gasteiger partial charge in [0.2, 0.25) is 5.89 Å². The van der Waals surface area contributed by atoms with Crippen LogP contribution in [0.1, 0.15) is 43.4 Å². The highest BCUT2D eigenvalue weighted by Crippen LogP contribution is 2.38. The fourth-order valence-electron chi connectivity index (χ4n) is 2.98. The van der Waals surface area contributed by atoms with E-state index in [0.717, 1.165) is 30.0 Å². The molecule has 0 radical (unpaired) electrons. The van der Waals surface area contributed by atoms with Crippen molar-refractivity contribution in [1.29, 1.82) is 0 Å². The van der Waals surface area contributed by atoms with E-state index in [-0.39, 0.29) is 6.04 Å². The molecule has 136 valence electrons. The van der Waals surface area contributed by atoms with Crippen molar-refractivity contribution in [1.82, 2.24) is 19.3 Å².